The maximum Gasteiger partial charge on any atom is 0.163 e. The number of hydrogen-bond donors (Lipinski definition) is 0. The third-order valence-corrected chi connectivity index (χ3v) is 4.32. The highest BCUT2D eigenvalue weighted by Gasteiger charge is 2.15. The van der Waals surface area contributed by atoms with Gasteiger partial charge < -0.3 is 0 Å². The average molecular weight is 254 g/mol. The number of carbonyl (C=O) groups excluding carboxylic acids is 1. The van der Waals surface area contributed by atoms with Crippen LogP contribution < -0.4 is 0 Å². The quantitative estimate of drug-likeness (QED) is 0.732. The lowest BCUT2D eigenvalue weighted by atomic mass is 10.1. The SMILES string of the molecule is CC(C)CS(=O)(=O)CCC(=O)c1ccccc1. The molecule has 4 heteroatoms. The molecule has 0 saturated heterocycles. The van der Waals surface area contributed by atoms with Gasteiger partial charge in [0.15, 0.2) is 15.6 Å². The van der Waals surface area contributed by atoms with Crippen LogP contribution >= 0.6 is 0 Å². The van der Waals surface area contributed by atoms with Crippen molar-refractivity contribution in [3.05, 3.63) is 35.9 Å². The van der Waals surface area contributed by atoms with Crippen LogP contribution in [0.5, 0.6) is 0 Å². The zero-order chi connectivity index (χ0) is 12.9. The van der Waals surface area contributed by atoms with E-state index in [1.165, 1.54) is 0 Å². The van der Waals surface area contributed by atoms with E-state index in [2.05, 4.69) is 0 Å². The van der Waals surface area contributed by atoms with Crippen LogP contribution in [-0.4, -0.2) is 25.7 Å². The molecule has 0 saturated carbocycles. The third kappa shape index (κ3) is 5.13. The van der Waals surface area contributed by atoms with Crippen LogP contribution in [-0.2, 0) is 9.84 Å². The van der Waals surface area contributed by atoms with Gasteiger partial charge in [-0.25, -0.2) is 8.42 Å². The van der Waals surface area contributed by atoms with Crippen molar-refractivity contribution in [2.45, 2.75) is 20.3 Å². The van der Waals surface area contributed by atoms with Crippen molar-refractivity contribution in [2.24, 2.45) is 5.92 Å². The number of rotatable bonds is 6. The van der Waals surface area contributed by atoms with E-state index in [0.717, 1.165) is 0 Å². The van der Waals surface area contributed by atoms with Gasteiger partial charge in [-0.1, -0.05) is 44.2 Å². The fourth-order valence-corrected chi connectivity index (χ4v) is 3.29. The standard InChI is InChI=1S/C13H18O3S/c1-11(2)10-17(15,16)9-8-13(14)12-6-4-3-5-7-12/h3-7,11H,8-10H2,1-2H3. The van der Waals surface area contributed by atoms with Gasteiger partial charge in [0.1, 0.15) is 0 Å². The minimum atomic E-state index is -3.10. The molecule has 0 aliphatic heterocycles. The predicted molar refractivity (Wildman–Crippen MR) is 68.9 cm³/mol. The summed E-state index contributed by atoms with van der Waals surface area (Å²) in [5, 5.41) is 0. The Kier molecular flexibility index (Phi) is 4.87. The molecule has 1 aromatic carbocycles. The van der Waals surface area contributed by atoms with Gasteiger partial charge in [0, 0.05) is 12.0 Å². The van der Waals surface area contributed by atoms with E-state index in [1.807, 2.05) is 19.9 Å². The first kappa shape index (κ1) is 13.9. The summed E-state index contributed by atoms with van der Waals surface area (Å²) in [7, 11) is -3.10. The number of hydrogen-bond acceptors (Lipinski definition) is 3. The first-order valence-electron chi connectivity index (χ1n) is 5.69. The molecule has 1 aromatic rings. The van der Waals surface area contributed by atoms with Crippen molar-refractivity contribution >= 4 is 15.6 Å². The van der Waals surface area contributed by atoms with Crippen LogP contribution in [0.4, 0.5) is 0 Å². The van der Waals surface area contributed by atoms with E-state index in [0.29, 0.717) is 5.56 Å². The molecule has 0 aliphatic carbocycles. The first-order chi connectivity index (χ1) is 7.91. The molecule has 0 amide bonds. The molecule has 0 fully saturated rings. The average Bonchev–Trinajstić information content (AvgIpc) is 2.25. The zero-order valence-corrected chi connectivity index (χ0v) is 11.0. The van der Waals surface area contributed by atoms with Crippen LogP contribution in [0.2, 0.25) is 0 Å². The van der Waals surface area contributed by atoms with Gasteiger partial charge in [-0.2, -0.15) is 0 Å². The van der Waals surface area contributed by atoms with Crippen LogP contribution in [0.1, 0.15) is 30.6 Å². The van der Waals surface area contributed by atoms with Gasteiger partial charge in [-0.3, -0.25) is 4.79 Å². The highest BCUT2D eigenvalue weighted by molar-refractivity contribution is 7.91. The predicted octanol–water partition coefficient (Wildman–Crippen LogP) is 2.33. The topological polar surface area (TPSA) is 51.2 Å². The van der Waals surface area contributed by atoms with E-state index in [4.69, 9.17) is 0 Å². The van der Waals surface area contributed by atoms with Gasteiger partial charge in [0.2, 0.25) is 0 Å². The molecule has 0 atom stereocenters. The summed E-state index contributed by atoms with van der Waals surface area (Å²) in [5.74, 6) is 0.0818. The number of carbonyl (C=O) groups is 1. The fourth-order valence-electron chi connectivity index (χ4n) is 1.61. The molecule has 0 radical (unpaired) electrons. The Morgan fingerprint density at radius 3 is 2.29 bits per heavy atom. The Morgan fingerprint density at radius 1 is 1.18 bits per heavy atom. The second kappa shape index (κ2) is 5.96. The number of benzene rings is 1. The summed E-state index contributed by atoms with van der Waals surface area (Å²) in [6, 6.07) is 8.78. The minimum Gasteiger partial charge on any atom is -0.294 e. The maximum absolute atomic E-state index is 11.7. The Balaban J connectivity index is 2.55. The second-order valence-electron chi connectivity index (χ2n) is 4.55. The minimum absolute atomic E-state index is 0.0566. The van der Waals surface area contributed by atoms with Gasteiger partial charge in [-0.05, 0) is 5.92 Å². The van der Waals surface area contributed by atoms with Gasteiger partial charge in [0.05, 0.1) is 11.5 Å². The summed E-state index contributed by atoms with van der Waals surface area (Å²) in [5.41, 5.74) is 0.576. The summed E-state index contributed by atoms with van der Waals surface area (Å²) >= 11 is 0. The number of ketones is 1. The molecular formula is C13H18O3S. The van der Waals surface area contributed by atoms with Crippen LogP contribution in [0, 0.1) is 5.92 Å². The lowest BCUT2D eigenvalue weighted by molar-refractivity contribution is 0.0988. The molecular weight excluding hydrogens is 236 g/mol. The maximum atomic E-state index is 11.7. The fraction of sp³-hybridized carbons (Fsp3) is 0.462. The molecule has 3 nitrogen and oxygen atoms in total. The third-order valence-electron chi connectivity index (χ3n) is 2.32. The van der Waals surface area contributed by atoms with Crippen molar-refractivity contribution < 1.29 is 13.2 Å². The van der Waals surface area contributed by atoms with Crippen molar-refractivity contribution in [1.29, 1.82) is 0 Å². The van der Waals surface area contributed by atoms with Crippen molar-refractivity contribution in [3.63, 3.8) is 0 Å². The van der Waals surface area contributed by atoms with E-state index in [-0.39, 0.29) is 29.6 Å². The molecule has 0 bridgehead atoms. The van der Waals surface area contributed by atoms with Crippen LogP contribution in [0.3, 0.4) is 0 Å². The smallest absolute Gasteiger partial charge is 0.163 e. The van der Waals surface area contributed by atoms with E-state index < -0.39 is 9.84 Å². The highest BCUT2D eigenvalue weighted by Crippen LogP contribution is 2.07. The molecule has 0 unspecified atom stereocenters. The number of sulfone groups is 1. The molecule has 0 N–H and O–H groups in total. The molecule has 1 rings (SSSR count). The van der Waals surface area contributed by atoms with Crippen molar-refractivity contribution in [1.82, 2.24) is 0 Å². The van der Waals surface area contributed by atoms with E-state index >= 15 is 0 Å². The van der Waals surface area contributed by atoms with E-state index in [1.54, 1.807) is 24.3 Å². The molecule has 0 aromatic heterocycles. The Hall–Kier alpha value is -1.16. The summed E-state index contributed by atoms with van der Waals surface area (Å²) in [6.45, 7) is 3.72. The lowest BCUT2D eigenvalue weighted by Crippen LogP contribution is -2.17. The molecule has 0 heterocycles. The zero-order valence-electron chi connectivity index (χ0n) is 10.2. The molecule has 0 spiro atoms. The summed E-state index contributed by atoms with van der Waals surface area (Å²) < 4.78 is 23.2. The lowest BCUT2D eigenvalue weighted by Gasteiger charge is -2.06. The van der Waals surface area contributed by atoms with Gasteiger partial charge in [0.25, 0.3) is 0 Å². The highest BCUT2D eigenvalue weighted by atomic mass is 32.2. The van der Waals surface area contributed by atoms with Gasteiger partial charge in [-0.15, -0.1) is 0 Å². The second-order valence-corrected chi connectivity index (χ2v) is 6.78. The summed E-state index contributed by atoms with van der Waals surface area (Å²) in [4.78, 5) is 11.7. The Labute approximate surface area is 103 Å². The molecule has 0 aliphatic rings. The monoisotopic (exact) mass is 254 g/mol. The number of Topliss-reactive ketones (excluding diaryl/α,β-unsaturated/α-hetero) is 1. The van der Waals surface area contributed by atoms with Crippen LogP contribution in [0.25, 0.3) is 0 Å². The Bertz CT molecular complexity index is 461. The van der Waals surface area contributed by atoms with Crippen LogP contribution in [0.15, 0.2) is 30.3 Å². The molecule has 94 valence electrons. The van der Waals surface area contributed by atoms with Gasteiger partial charge >= 0.3 is 0 Å². The largest absolute Gasteiger partial charge is 0.294 e. The molecule has 17 heavy (non-hydrogen) atoms. The Morgan fingerprint density at radius 2 is 1.76 bits per heavy atom. The first-order valence-corrected chi connectivity index (χ1v) is 7.51. The summed E-state index contributed by atoms with van der Waals surface area (Å²) in [6.07, 6.45) is 0.0685. The van der Waals surface area contributed by atoms with Crippen molar-refractivity contribution in [3.8, 4) is 0 Å². The van der Waals surface area contributed by atoms with E-state index in [9.17, 15) is 13.2 Å². The van der Waals surface area contributed by atoms with Crippen molar-refractivity contribution in [2.75, 3.05) is 11.5 Å². The normalized spacial score (nSPS) is 11.7.